The van der Waals surface area contributed by atoms with Crippen LogP contribution in [-0.4, -0.2) is 11.2 Å². The lowest BCUT2D eigenvalue weighted by atomic mass is 9.88. The second kappa shape index (κ2) is 8.94. The van der Waals surface area contributed by atoms with Gasteiger partial charge in [0.2, 0.25) is 0 Å². The maximum Gasteiger partial charge on any atom is 0.404 e. The van der Waals surface area contributed by atoms with E-state index in [1.54, 1.807) is 0 Å². The predicted molar refractivity (Wildman–Crippen MR) is 110 cm³/mol. The van der Waals surface area contributed by atoms with Crippen LogP contribution >= 0.6 is 0 Å². The summed E-state index contributed by atoms with van der Waals surface area (Å²) in [5, 5.41) is 11.0. The average Bonchev–Trinajstić information content (AvgIpc) is 2.70. The number of nitrogens with one attached hydrogen (secondary N) is 1. The molecule has 0 aromatic heterocycles. The molecule has 0 fully saturated rings. The smallest absolute Gasteiger partial charge is 0.404 e. The van der Waals surface area contributed by atoms with E-state index < -0.39 is 6.09 Å². The second-order valence-electron chi connectivity index (χ2n) is 7.56. The van der Waals surface area contributed by atoms with Gasteiger partial charge in [-0.2, -0.15) is 0 Å². The van der Waals surface area contributed by atoms with Crippen molar-refractivity contribution in [2.45, 2.75) is 64.8 Å². The second-order valence-corrected chi connectivity index (χ2v) is 7.56. The highest BCUT2D eigenvalue weighted by Crippen LogP contribution is 2.28. The summed E-state index contributed by atoms with van der Waals surface area (Å²) in [4.78, 5) is 10.4. The quantitative estimate of drug-likeness (QED) is 0.669. The van der Waals surface area contributed by atoms with Crippen LogP contribution in [0.5, 0.6) is 0 Å². The predicted octanol–water partition coefficient (Wildman–Crippen LogP) is 4.79. The van der Waals surface area contributed by atoms with E-state index in [0.29, 0.717) is 6.54 Å². The Hall–Kier alpha value is -2.49. The number of carbonyl (C=O) groups is 1. The number of carboxylic acid groups (broad SMARTS) is 1. The van der Waals surface area contributed by atoms with Crippen LogP contribution in [0.2, 0.25) is 0 Å². The van der Waals surface area contributed by atoms with Gasteiger partial charge in [-0.05, 0) is 91.7 Å². The summed E-state index contributed by atoms with van der Waals surface area (Å²) in [6, 6.07) is 10.6. The fourth-order valence-corrected chi connectivity index (χ4v) is 4.17. The monoisotopic (exact) mass is 366 g/mol. The number of aryl methyl sites for hydroxylation is 3. The zero-order chi connectivity index (χ0) is 19.2. The van der Waals surface area contributed by atoms with Crippen molar-refractivity contribution in [3.8, 4) is 0 Å². The van der Waals surface area contributed by atoms with Crippen molar-refractivity contribution in [1.82, 2.24) is 5.32 Å². The molecule has 0 aliphatic heterocycles. The van der Waals surface area contributed by atoms with Gasteiger partial charge in [0.25, 0.3) is 0 Å². The van der Waals surface area contributed by atoms with Crippen LogP contribution in [0.1, 0.15) is 59.1 Å². The van der Waals surface area contributed by atoms with Gasteiger partial charge in [-0.15, -0.1) is 0 Å². The maximum absolute atomic E-state index is 10.4. The topological polar surface area (TPSA) is 75.4 Å². The van der Waals surface area contributed by atoms with Crippen LogP contribution in [0.3, 0.4) is 0 Å². The van der Waals surface area contributed by atoms with E-state index in [2.05, 4.69) is 30.4 Å². The summed E-state index contributed by atoms with van der Waals surface area (Å²) in [5.41, 5.74) is 15.1. The SMILES string of the molecule is Cc1ccc2c(c1N)CCCC2.O=C(O)NCc1cccc2c1CCCC2. The van der Waals surface area contributed by atoms with Crippen molar-refractivity contribution in [2.24, 2.45) is 0 Å². The average molecular weight is 367 g/mol. The number of hydrogen-bond acceptors (Lipinski definition) is 2. The summed E-state index contributed by atoms with van der Waals surface area (Å²) >= 11 is 0. The summed E-state index contributed by atoms with van der Waals surface area (Å²) in [5.74, 6) is 0. The van der Waals surface area contributed by atoms with E-state index in [-0.39, 0.29) is 0 Å². The van der Waals surface area contributed by atoms with E-state index in [9.17, 15) is 4.79 Å². The van der Waals surface area contributed by atoms with E-state index in [4.69, 9.17) is 10.8 Å². The molecule has 0 unspecified atom stereocenters. The minimum absolute atomic E-state index is 0.429. The molecule has 0 bridgehead atoms. The molecule has 4 rings (SSSR count). The standard InChI is InChI=1S/C12H15NO2.C11H15N/c14-12(15)13-8-10-6-3-5-9-4-1-2-7-11(9)10;1-8-6-7-9-4-2-3-5-10(9)11(8)12/h3,5-6,13H,1-2,4,7-8H2,(H,14,15);6-7H,2-5,12H2,1H3. The Labute approximate surface area is 161 Å². The maximum atomic E-state index is 10.4. The third-order valence-electron chi connectivity index (χ3n) is 5.72. The third-order valence-corrected chi connectivity index (χ3v) is 5.72. The van der Waals surface area contributed by atoms with Gasteiger partial charge in [-0.3, -0.25) is 0 Å². The highest BCUT2D eigenvalue weighted by Gasteiger charge is 2.13. The van der Waals surface area contributed by atoms with Gasteiger partial charge >= 0.3 is 6.09 Å². The van der Waals surface area contributed by atoms with Crippen LogP contribution < -0.4 is 11.1 Å². The summed E-state index contributed by atoms with van der Waals surface area (Å²) in [7, 11) is 0. The fraction of sp³-hybridized carbons (Fsp3) is 0.435. The van der Waals surface area contributed by atoms with Gasteiger partial charge in [0, 0.05) is 12.2 Å². The molecule has 0 saturated carbocycles. The highest BCUT2D eigenvalue weighted by molar-refractivity contribution is 5.64. The lowest BCUT2D eigenvalue weighted by molar-refractivity contribution is 0.194. The summed E-state index contributed by atoms with van der Waals surface area (Å²) < 4.78 is 0. The van der Waals surface area contributed by atoms with Crippen molar-refractivity contribution >= 4 is 11.8 Å². The number of fused-ring (bicyclic) bond motifs is 2. The molecule has 2 aromatic carbocycles. The van der Waals surface area contributed by atoms with Crippen LogP contribution in [-0.2, 0) is 32.2 Å². The van der Waals surface area contributed by atoms with Crippen LogP contribution in [0.25, 0.3) is 0 Å². The Morgan fingerprint density at radius 3 is 2.30 bits per heavy atom. The third kappa shape index (κ3) is 4.82. The first kappa shape index (κ1) is 19.3. The molecule has 4 heteroatoms. The number of benzene rings is 2. The van der Waals surface area contributed by atoms with Gasteiger partial charge in [0.05, 0.1) is 0 Å². The van der Waals surface area contributed by atoms with Gasteiger partial charge in [-0.25, -0.2) is 4.79 Å². The molecule has 0 heterocycles. The minimum atomic E-state index is -0.955. The Kier molecular flexibility index (Phi) is 6.38. The zero-order valence-corrected chi connectivity index (χ0v) is 16.2. The first-order valence-electron chi connectivity index (χ1n) is 9.99. The van der Waals surface area contributed by atoms with Gasteiger partial charge in [0.15, 0.2) is 0 Å². The first-order chi connectivity index (χ1) is 13.1. The summed E-state index contributed by atoms with van der Waals surface area (Å²) in [6.07, 6.45) is 8.78. The van der Waals surface area contributed by atoms with Gasteiger partial charge in [-0.1, -0.05) is 30.3 Å². The fourth-order valence-electron chi connectivity index (χ4n) is 4.17. The molecule has 0 radical (unpaired) electrons. The molecular weight excluding hydrogens is 336 g/mol. The van der Waals surface area contributed by atoms with E-state index in [1.165, 1.54) is 66.3 Å². The van der Waals surface area contributed by atoms with Crippen molar-refractivity contribution in [3.63, 3.8) is 0 Å². The molecular formula is C23H30N2O2. The molecule has 0 spiro atoms. The Bertz CT molecular complexity index is 814. The molecule has 144 valence electrons. The van der Waals surface area contributed by atoms with E-state index >= 15 is 0 Å². The normalized spacial score (nSPS) is 15.0. The van der Waals surface area contributed by atoms with Crippen molar-refractivity contribution in [2.75, 3.05) is 5.73 Å². The van der Waals surface area contributed by atoms with Gasteiger partial charge in [0.1, 0.15) is 0 Å². The molecule has 0 atom stereocenters. The summed E-state index contributed by atoms with van der Waals surface area (Å²) in [6.45, 7) is 2.52. The molecule has 2 aromatic rings. The number of anilines is 1. The number of hydrogen-bond donors (Lipinski definition) is 3. The molecule has 2 aliphatic rings. The molecule has 1 amide bonds. The Morgan fingerprint density at radius 2 is 1.59 bits per heavy atom. The number of amides is 1. The van der Waals surface area contributed by atoms with Crippen LogP contribution in [0.15, 0.2) is 30.3 Å². The first-order valence-corrected chi connectivity index (χ1v) is 9.99. The minimum Gasteiger partial charge on any atom is -0.465 e. The van der Waals surface area contributed by atoms with Crippen molar-refractivity contribution in [3.05, 3.63) is 63.7 Å². The zero-order valence-electron chi connectivity index (χ0n) is 16.2. The van der Waals surface area contributed by atoms with Crippen molar-refractivity contribution < 1.29 is 9.90 Å². The van der Waals surface area contributed by atoms with Gasteiger partial charge < -0.3 is 16.2 Å². The Morgan fingerprint density at radius 1 is 0.963 bits per heavy atom. The number of nitrogen functional groups attached to an aromatic ring is 1. The van der Waals surface area contributed by atoms with Crippen molar-refractivity contribution in [1.29, 1.82) is 0 Å². The lowest BCUT2D eigenvalue weighted by Crippen LogP contribution is -2.21. The van der Waals surface area contributed by atoms with Crippen LogP contribution in [0, 0.1) is 6.92 Å². The molecule has 27 heavy (non-hydrogen) atoms. The lowest BCUT2D eigenvalue weighted by Gasteiger charge is -2.19. The molecule has 4 nitrogen and oxygen atoms in total. The molecule has 0 saturated heterocycles. The highest BCUT2D eigenvalue weighted by atomic mass is 16.4. The largest absolute Gasteiger partial charge is 0.465 e. The number of rotatable bonds is 2. The van der Waals surface area contributed by atoms with E-state index in [0.717, 1.165) is 24.1 Å². The number of nitrogens with two attached hydrogens (primary N) is 1. The van der Waals surface area contributed by atoms with Crippen LogP contribution in [0.4, 0.5) is 10.5 Å². The molecule has 4 N–H and O–H groups in total. The molecule has 2 aliphatic carbocycles. The van der Waals surface area contributed by atoms with E-state index in [1.807, 2.05) is 12.1 Å². The Balaban J connectivity index is 0.000000159.